The Bertz CT molecular complexity index is 415. The minimum Gasteiger partial charge on any atom is -0.370 e. The highest BCUT2D eigenvalue weighted by atomic mass is 35.5. The highest BCUT2D eigenvalue weighted by Gasteiger charge is 2.27. The summed E-state index contributed by atoms with van der Waals surface area (Å²) in [5.41, 5.74) is 0.436. The van der Waals surface area contributed by atoms with E-state index in [1.165, 1.54) is 24.2 Å². The Hall–Kier alpha value is -0.380. The Labute approximate surface area is 117 Å². The third-order valence-corrected chi connectivity index (χ3v) is 4.86. The van der Waals surface area contributed by atoms with Gasteiger partial charge in [-0.05, 0) is 43.2 Å². The van der Waals surface area contributed by atoms with Crippen molar-refractivity contribution >= 4 is 28.7 Å². The second-order valence-corrected chi connectivity index (χ2v) is 7.42. The minimum atomic E-state index is 0.0386. The van der Waals surface area contributed by atoms with E-state index in [4.69, 9.17) is 16.3 Å². The zero-order chi connectivity index (χ0) is 13.2. The number of carbonyl (C=O) groups is 1. The van der Waals surface area contributed by atoms with Gasteiger partial charge in [0, 0.05) is 0 Å². The Balaban J connectivity index is 1.77. The van der Waals surface area contributed by atoms with E-state index in [9.17, 15) is 4.79 Å². The fourth-order valence-corrected chi connectivity index (χ4v) is 3.24. The summed E-state index contributed by atoms with van der Waals surface area (Å²) >= 11 is 7.13. The summed E-state index contributed by atoms with van der Waals surface area (Å²) in [6.45, 7) is 4.77. The lowest BCUT2D eigenvalue weighted by atomic mass is 9.76. The molecule has 0 unspecified atom stereocenters. The molecule has 0 N–H and O–H groups in total. The maximum atomic E-state index is 11.9. The zero-order valence-electron chi connectivity index (χ0n) is 10.9. The molecule has 0 spiro atoms. The summed E-state index contributed by atoms with van der Waals surface area (Å²) in [6.07, 6.45) is 4.72. The van der Waals surface area contributed by atoms with Gasteiger partial charge in [0.15, 0.2) is 5.78 Å². The molecule has 1 fully saturated rings. The standard InChI is InChI=1S/C14H19ClO2S/c1-14(2)7-5-10(6-8-14)17-9-11(16)12-3-4-13(15)18-12/h3-4,10H,5-9H2,1-2H3. The van der Waals surface area contributed by atoms with Gasteiger partial charge in [-0.15, -0.1) is 11.3 Å². The molecule has 1 aliphatic rings. The van der Waals surface area contributed by atoms with Crippen LogP contribution in [0.25, 0.3) is 0 Å². The van der Waals surface area contributed by atoms with Gasteiger partial charge in [0.2, 0.25) is 0 Å². The molecular weight excluding hydrogens is 268 g/mol. The van der Waals surface area contributed by atoms with Gasteiger partial charge in [0.1, 0.15) is 6.61 Å². The molecule has 0 saturated heterocycles. The number of hydrogen-bond donors (Lipinski definition) is 0. The van der Waals surface area contributed by atoms with Gasteiger partial charge in [-0.3, -0.25) is 4.79 Å². The first kappa shape index (κ1) is 14.0. The van der Waals surface area contributed by atoms with E-state index in [0.29, 0.717) is 14.6 Å². The summed E-state index contributed by atoms with van der Waals surface area (Å²) in [6, 6.07) is 3.52. The maximum Gasteiger partial charge on any atom is 0.198 e. The lowest BCUT2D eigenvalue weighted by Gasteiger charge is -2.33. The number of halogens is 1. The number of ketones is 1. The largest absolute Gasteiger partial charge is 0.370 e. The van der Waals surface area contributed by atoms with Crippen molar-refractivity contribution in [3.8, 4) is 0 Å². The van der Waals surface area contributed by atoms with Crippen molar-refractivity contribution < 1.29 is 9.53 Å². The van der Waals surface area contributed by atoms with Gasteiger partial charge in [0.25, 0.3) is 0 Å². The molecule has 1 heterocycles. The molecule has 0 amide bonds. The van der Waals surface area contributed by atoms with Crippen LogP contribution in [-0.2, 0) is 4.74 Å². The molecule has 2 rings (SSSR count). The second-order valence-electron chi connectivity index (χ2n) is 5.70. The number of hydrogen-bond acceptors (Lipinski definition) is 3. The number of ether oxygens (including phenoxy) is 1. The van der Waals surface area contributed by atoms with E-state index >= 15 is 0 Å². The van der Waals surface area contributed by atoms with E-state index in [0.717, 1.165) is 12.8 Å². The molecule has 4 heteroatoms. The van der Waals surface area contributed by atoms with E-state index in [-0.39, 0.29) is 18.5 Å². The lowest BCUT2D eigenvalue weighted by molar-refractivity contribution is 0.00877. The van der Waals surface area contributed by atoms with Crippen LogP contribution in [0, 0.1) is 5.41 Å². The molecular formula is C14H19ClO2S. The molecule has 0 atom stereocenters. The lowest BCUT2D eigenvalue weighted by Crippen LogP contribution is -2.28. The topological polar surface area (TPSA) is 26.3 Å². The van der Waals surface area contributed by atoms with Gasteiger partial charge in [-0.2, -0.15) is 0 Å². The van der Waals surface area contributed by atoms with Crippen LogP contribution in [0.1, 0.15) is 49.2 Å². The smallest absolute Gasteiger partial charge is 0.198 e. The molecule has 1 aromatic rings. The zero-order valence-corrected chi connectivity index (χ0v) is 12.4. The molecule has 0 radical (unpaired) electrons. The number of rotatable bonds is 4. The van der Waals surface area contributed by atoms with Crippen LogP contribution in [0.15, 0.2) is 12.1 Å². The first-order valence-electron chi connectivity index (χ1n) is 6.36. The van der Waals surface area contributed by atoms with Gasteiger partial charge in [-0.1, -0.05) is 25.4 Å². The van der Waals surface area contributed by atoms with Crippen molar-refractivity contribution in [2.75, 3.05) is 6.61 Å². The molecule has 1 aromatic heterocycles. The Morgan fingerprint density at radius 1 is 1.44 bits per heavy atom. The first-order chi connectivity index (χ1) is 8.46. The Morgan fingerprint density at radius 2 is 2.11 bits per heavy atom. The van der Waals surface area contributed by atoms with E-state index in [2.05, 4.69) is 13.8 Å². The first-order valence-corrected chi connectivity index (χ1v) is 7.56. The van der Waals surface area contributed by atoms with Gasteiger partial charge >= 0.3 is 0 Å². The van der Waals surface area contributed by atoms with Crippen LogP contribution in [0.5, 0.6) is 0 Å². The van der Waals surface area contributed by atoms with Crippen molar-refractivity contribution in [3.63, 3.8) is 0 Å². The van der Waals surface area contributed by atoms with Gasteiger partial charge in [0.05, 0.1) is 15.3 Å². The van der Waals surface area contributed by atoms with E-state index in [1.807, 2.05) is 0 Å². The number of carbonyl (C=O) groups excluding carboxylic acids is 1. The van der Waals surface area contributed by atoms with Crippen molar-refractivity contribution in [1.82, 2.24) is 0 Å². The maximum absolute atomic E-state index is 11.9. The average molecular weight is 287 g/mol. The van der Waals surface area contributed by atoms with Gasteiger partial charge in [-0.25, -0.2) is 0 Å². The number of thiophene rings is 1. The highest BCUT2D eigenvalue weighted by Crippen LogP contribution is 2.36. The predicted molar refractivity (Wildman–Crippen MR) is 75.6 cm³/mol. The molecule has 2 nitrogen and oxygen atoms in total. The fraction of sp³-hybridized carbons (Fsp3) is 0.643. The minimum absolute atomic E-state index is 0.0386. The van der Waals surface area contributed by atoms with Crippen molar-refractivity contribution in [2.24, 2.45) is 5.41 Å². The molecule has 1 saturated carbocycles. The number of Topliss-reactive ketones (excluding diaryl/α,β-unsaturated/α-hetero) is 1. The second kappa shape index (κ2) is 5.72. The van der Waals surface area contributed by atoms with Crippen LogP contribution in [0.3, 0.4) is 0 Å². The van der Waals surface area contributed by atoms with Crippen LogP contribution in [-0.4, -0.2) is 18.5 Å². The molecule has 1 aliphatic carbocycles. The molecule has 100 valence electrons. The summed E-state index contributed by atoms with van der Waals surface area (Å²) in [5, 5.41) is 0. The Kier molecular flexibility index (Phi) is 4.46. The van der Waals surface area contributed by atoms with Crippen molar-refractivity contribution in [2.45, 2.75) is 45.6 Å². The van der Waals surface area contributed by atoms with Crippen LogP contribution >= 0.6 is 22.9 Å². The molecule has 18 heavy (non-hydrogen) atoms. The molecule has 0 aromatic carbocycles. The Morgan fingerprint density at radius 3 is 2.67 bits per heavy atom. The average Bonchev–Trinajstić information content (AvgIpc) is 2.74. The van der Waals surface area contributed by atoms with Gasteiger partial charge < -0.3 is 4.74 Å². The summed E-state index contributed by atoms with van der Waals surface area (Å²) in [4.78, 5) is 12.5. The molecule has 0 bridgehead atoms. The van der Waals surface area contributed by atoms with Crippen LogP contribution < -0.4 is 0 Å². The SMILES string of the molecule is CC1(C)CCC(OCC(=O)c2ccc(Cl)s2)CC1. The van der Waals surface area contributed by atoms with E-state index < -0.39 is 0 Å². The highest BCUT2D eigenvalue weighted by molar-refractivity contribution is 7.18. The summed E-state index contributed by atoms with van der Waals surface area (Å²) < 4.78 is 6.37. The monoisotopic (exact) mass is 286 g/mol. The quantitative estimate of drug-likeness (QED) is 0.758. The fourth-order valence-electron chi connectivity index (χ4n) is 2.27. The molecule has 0 aliphatic heterocycles. The van der Waals surface area contributed by atoms with Crippen LogP contribution in [0.4, 0.5) is 0 Å². The summed E-state index contributed by atoms with van der Waals surface area (Å²) in [5.74, 6) is 0.0386. The predicted octanol–water partition coefficient (Wildman–Crippen LogP) is 4.57. The third kappa shape index (κ3) is 3.81. The normalized spacial score (nSPS) is 19.9. The van der Waals surface area contributed by atoms with Crippen LogP contribution in [0.2, 0.25) is 4.34 Å². The third-order valence-electron chi connectivity index (χ3n) is 3.58. The van der Waals surface area contributed by atoms with Crippen molar-refractivity contribution in [3.05, 3.63) is 21.3 Å². The van der Waals surface area contributed by atoms with Crippen molar-refractivity contribution in [1.29, 1.82) is 0 Å². The van der Waals surface area contributed by atoms with E-state index in [1.54, 1.807) is 12.1 Å². The summed E-state index contributed by atoms with van der Waals surface area (Å²) in [7, 11) is 0.